The fraction of sp³-hybridized carbons (Fsp3) is 0.273. The van der Waals surface area contributed by atoms with Crippen molar-refractivity contribution in [1.29, 1.82) is 0 Å². The van der Waals surface area contributed by atoms with E-state index in [1.54, 1.807) is 46.8 Å². The summed E-state index contributed by atoms with van der Waals surface area (Å²) in [6.45, 7) is -0.0185. The van der Waals surface area contributed by atoms with Crippen LogP contribution in [0.3, 0.4) is 0 Å². The molecule has 1 aromatic carbocycles. The number of aromatic nitrogens is 5. The van der Waals surface area contributed by atoms with E-state index in [1.165, 1.54) is 12.3 Å². The molecule has 0 fully saturated rings. The van der Waals surface area contributed by atoms with Gasteiger partial charge in [-0.05, 0) is 30.6 Å². The molecule has 1 atom stereocenters. The zero-order valence-electron chi connectivity index (χ0n) is 17.8. The molecule has 3 aromatic heterocycles. The van der Waals surface area contributed by atoms with Gasteiger partial charge in [0.25, 0.3) is 0 Å². The Morgan fingerprint density at radius 2 is 2.03 bits per heavy atom. The van der Waals surface area contributed by atoms with Gasteiger partial charge < -0.3 is 14.9 Å². The zero-order chi connectivity index (χ0) is 23.2. The van der Waals surface area contributed by atoms with Crippen LogP contribution in [0.25, 0.3) is 22.9 Å². The van der Waals surface area contributed by atoms with E-state index in [0.717, 1.165) is 11.9 Å². The highest BCUT2D eigenvalue weighted by molar-refractivity contribution is 7.98. The average molecular weight is 473 g/mol. The summed E-state index contributed by atoms with van der Waals surface area (Å²) >= 11 is 1.63. The zero-order valence-corrected chi connectivity index (χ0v) is 18.6. The van der Waals surface area contributed by atoms with Crippen molar-refractivity contribution in [3.8, 4) is 22.9 Å². The standard InChI is InChI=1S/C22H22F2N6O2S/c1-33-9-7-15(13-31)26-21-17(24)11-25-22(27-21)19-10-20(18-6-8-32-29-18)30(28-19)12-14-4-2-3-5-16(14)23/h2-6,8,10-11,15,31H,7,9,12-13H2,1H3,(H,25,26,27). The van der Waals surface area contributed by atoms with Crippen LogP contribution in [0.1, 0.15) is 12.0 Å². The number of benzene rings is 1. The number of aliphatic hydroxyl groups excluding tert-OH is 1. The summed E-state index contributed by atoms with van der Waals surface area (Å²) in [5, 5.41) is 21.0. The minimum atomic E-state index is -0.635. The molecule has 11 heteroatoms. The third-order valence-electron chi connectivity index (χ3n) is 4.96. The molecule has 0 bridgehead atoms. The van der Waals surface area contributed by atoms with Crippen molar-refractivity contribution >= 4 is 17.6 Å². The molecule has 0 aliphatic rings. The Balaban J connectivity index is 1.68. The second-order valence-electron chi connectivity index (χ2n) is 7.24. The van der Waals surface area contributed by atoms with Gasteiger partial charge in [-0.1, -0.05) is 23.4 Å². The summed E-state index contributed by atoms with van der Waals surface area (Å²) in [6, 6.07) is 9.41. The van der Waals surface area contributed by atoms with Crippen LogP contribution in [0.4, 0.5) is 14.6 Å². The number of halogens is 2. The Hall–Kier alpha value is -3.31. The van der Waals surface area contributed by atoms with Gasteiger partial charge in [0.15, 0.2) is 17.5 Å². The van der Waals surface area contributed by atoms with Crippen LogP contribution < -0.4 is 5.32 Å². The predicted octanol–water partition coefficient (Wildman–Crippen LogP) is 3.85. The number of hydrogen-bond donors (Lipinski definition) is 2. The van der Waals surface area contributed by atoms with Gasteiger partial charge in [-0.2, -0.15) is 16.9 Å². The van der Waals surface area contributed by atoms with E-state index in [4.69, 9.17) is 4.52 Å². The molecule has 0 amide bonds. The number of rotatable bonds is 10. The van der Waals surface area contributed by atoms with Crippen molar-refractivity contribution in [2.45, 2.75) is 19.0 Å². The summed E-state index contributed by atoms with van der Waals surface area (Å²) in [7, 11) is 0. The fourth-order valence-corrected chi connectivity index (χ4v) is 3.76. The number of aliphatic hydroxyl groups is 1. The first kappa shape index (κ1) is 22.9. The van der Waals surface area contributed by atoms with E-state index >= 15 is 0 Å². The van der Waals surface area contributed by atoms with Crippen LogP contribution >= 0.6 is 11.8 Å². The van der Waals surface area contributed by atoms with Crippen LogP contribution in [0.15, 0.2) is 53.4 Å². The van der Waals surface area contributed by atoms with Gasteiger partial charge in [0, 0.05) is 11.6 Å². The molecule has 0 aliphatic heterocycles. The topological polar surface area (TPSA) is 102 Å². The Morgan fingerprint density at radius 3 is 2.76 bits per heavy atom. The lowest BCUT2D eigenvalue weighted by atomic mass is 10.2. The molecule has 4 aromatic rings. The van der Waals surface area contributed by atoms with E-state index in [1.807, 2.05) is 6.26 Å². The molecule has 172 valence electrons. The van der Waals surface area contributed by atoms with Crippen molar-refractivity contribution in [1.82, 2.24) is 24.9 Å². The SMILES string of the molecule is CSCCC(CO)Nc1nc(-c2cc(-c3ccon3)n(Cc3ccccc3F)n2)ncc1F. The summed E-state index contributed by atoms with van der Waals surface area (Å²) in [6.07, 6.45) is 5.08. The first-order valence-electron chi connectivity index (χ1n) is 10.2. The van der Waals surface area contributed by atoms with Crippen molar-refractivity contribution in [2.24, 2.45) is 0 Å². The summed E-state index contributed by atoms with van der Waals surface area (Å²) in [4.78, 5) is 8.37. The van der Waals surface area contributed by atoms with Gasteiger partial charge in [-0.3, -0.25) is 4.68 Å². The smallest absolute Gasteiger partial charge is 0.183 e. The largest absolute Gasteiger partial charge is 0.394 e. The third kappa shape index (κ3) is 5.37. The van der Waals surface area contributed by atoms with Gasteiger partial charge in [0.05, 0.1) is 31.1 Å². The monoisotopic (exact) mass is 472 g/mol. The maximum absolute atomic E-state index is 14.4. The highest BCUT2D eigenvalue weighted by atomic mass is 32.2. The quantitative estimate of drug-likeness (QED) is 0.359. The number of nitrogens with zero attached hydrogens (tertiary/aromatic N) is 5. The predicted molar refractivity (Wildman–Crippen MR) is 122 cm³/mol. The Kier molecular flexibility index (Phi) is 7.30. The summed E-state index contributed by atoms with van der Waals surface area (Å²) in [5.41, 5.74) is 1.87. The van der Waals surface area contributed by atoms with Gasteiger partial charge >= 0.3 is 0 Å². The maximum Gasteiger partial charge on any atom is 0.183 e. The summed E-state index contributed by atoms with van der Waals surface area (Å²) < 4.78 is 35.2. The molecule has 0 saturated heterocycles. The molecule has 0 saturated carbocycles. The van der Waals surface area contributed by atoms with Crippen molar-refractivity contribution in [2.75, 3.05) is 23.9 Å². The first-order valence-corrected chi connectivity index (χ1v) is 11.6. The van der Waals surface area contributed by atoms with Gasteiger partial charge in [-0.25, -0.2) is 18.7 Å². The van der Waals surface area contributed by atoms with E-state index in [-0.39, 0.29) is 36.7 Å². The molecule has 0 aliphatic carbocycles. The number of hydrogen-bond acceptors (Lipinski definition) is 8. The number of anilines is 1. The van der Waals surface area contributed by atoms with Crippen LogP contribution in [0, 0.1) is 11.6 Å². The highest BCUT2D eigenvalue weighted by Gasteiger charge is 2.19. The second kappa shape index (κ2) is 10.5. The lowest BCUT2D eigenvalue weighted by Crippen LogP contribution is -2.26. The van der Waals surface area contributed by atoms with Gasteiger partial charge in [-0.15, -0.1) is 0 Å². The maximum atomic E-state index is 14.4. The van der Waals surface area contributed by atoms with Crippen LogP contribution in [-0.4, -0.2) is 54.7 Å². The summed E-state index contributed by atoms with van der Waals surface area (Å²) in [5.74, 6) is -0.0298. The van der Waals surface area contributed by atoms with Gasteiger partial charge in [0.1, 0.15) is 23.5 Å². The Bertz CT molecular complexity index is 1200. The average Bonchev–Trinajstić information content (AvgIpc) is 3.49. The van der Waals surface area contributed by atoms with E-state index < -0.39 is 5.82 Å². The van der Waals surface area contributed by atoms with Crippen LogP contribution in [0.5, 0.6) is 0 Å². The molecule has 3 heterocycles. The molecule has 33 heavy (non-hydrogen) atoms. The number of thioether (sulfide) groups is 1. The van der Waals surface area contributed by atoms with Crippen LogP contribution in [-0.2, 0) is 6.54 Å². The normalized spacial score (nSPS) is 12.1. The third-order valence-corrected chi connectivity index (χ3v) is 5.61. The van der Waals surface area contributed by atoms with E-state index in [0.29, 0.717) is 29.1 Å². The van der Waals surface area contributed by atoms with E-state index in [9.17, 15) is 13.9 Å². The lowest BCUT2D eigenvalue weighted by molar-refractivity contribution is 0.272. The second-order valence-corrected chi connectivity index (χ2v) is 8.23. The number of nitrogens with one attached hydrogen (secondary N) is 1. The van der Waals surface area contributed by atoms with Crippen molar-refractivity contribution in [3.63, 3.8) is 0 Å². The Labute approximate surface area is 193 Å². The molecular formula is C22H22F2N6O2S. The molecule has 1 unspecified atom stereocenters. The molecule has 4 rings (SSSR count). The minimum Gasteiger partial charge on any atom is -0.394 e. The van der Waals surface area contributed by atoms with Crippen LogP contribution in [0.2, 0.25) is 0 Å². The molecular weight excluding hydrogens is 450 g/mol. The molecule has 0 radical (unpaired) electrons. The van der Waals surface area contributed by atoms with Gasteiger partial charge in [0.2, 0.25) is 0 Å². The van der Waals surface area contributed by atoms with E-state index in [2.05, 4.69) is 25.5 Å². The first-order chi connectivity index (χ1) is 16.1. The van der Waals surface area contributed by atoms with Crippen molar-refractivity contribution in [3.05, 3.63) is 66.1 Å². The Morgan fingerprint density at radius 1 is 1.18 bits per heavy atom. The fourth-order valence-electron chi connectivity index (χ4n) is 3.24. The minimum absolute atomic E-state index is 0.0215. The highest BCUT2D eigenvalue weighted by Crippen LogP contribution is 2.26. The van der Waals surface area contributed by atoms with Crippen molar-refractivity contribution < 1.29 is 18.4 Å². The lowest BCUT2D eigenvalue weighted by Gasteiger charge is -2.16. The molecule has 2 N–H and O–H groups in total. The molecule has 8 nitrogen and oxygen atoms in total. The molecule has 0 spiro atoms.